The van der Waals surface area contributed by atoms with Crippen LogP contribution in [-0.4, -0.2) is 26.0 Å². The van der Waals surface area contributed by atoms with Crippen molar-refractivity contribution in [3.8, 4) is 0 Å². The highest BCUT2D eigenvalue weighted by Gasteiger charge is 2.11. The molecule has 0 radical (unpaired) electrons. The van der Waals surface area contributed by atoms with Crippen molar-refractivity contribution in [1.82, 2.24) is 5.32 Å². The molecule has 1 rings (SSSR count). The van der Waals surface area contributed by atoms with Crippen molar-refractivity contribution in [2.45, 2.75) is 0 Å². The summed E-state index contributed by atoms with van der Waals surface area (Å²) in [5.41, 5.74) is 0.748. The Morgan fingerprint density at radius 2 is 1.87 bits per heavy atom. The average molecular weight is 272 g/mol. The molecule has 80 valence electrons. The molecular formula is C10H10BrNO3. The maximum atomic E-state index is 11.3. The molecule has 4 nitrogen and oxygen atoms in total. The van der Waals surface area contributed by atoms with Gasteiger partial charge in [-0.3, -0.25) is 4.79 Å². The molecule has 0 aromatic heterocycles. The number of methoxy groups -OCH3 is 1. The predicted octanol–water partition coefficient (Wildman–Crippen LogP) is 1.60. The lowest BCUT2D eigenvalue weighted by molar-refractivity contribution is 0.0600. The predicted molar refractivity (Wildman–Crippen MR) is 58.9 cm³/mol. The summed E-state index contributed by atoms with van der Waals surface area (Å²) < 4.78 is 5.22. The summed E-state index contributed by atoms with van der Waals surface area (Å²) in [5, 5.41) is 2.48. The van der Waals surface area contributed by atoms with Gasteiger partial charge in [0, 0.05) is 17.1 Å². The summed E-state index contributed by atoms with van der Waals surface area (Å²) in [6.07, 6.45) is 0. The first kappa shape index (κ1) is 11.7. The molecule has 1 amide bonds. The molecule has 1 N–H and O–H groups in total. The van der Waals surface area contributed by atoms with Gasteiger partial charge in [-0.2, -0.15) is 0 Å². The van der Waals surface area contributed by atoms with E-state index in [9.17, 15) is 9.59 Å². The number of ether oxygens (including phenoxy) is 1. The Bertz CT molecular complexity index is 369. The maximum Gasteiger partial charge on any atom is 0.337 e. The van der Waals surface area contributed by atoms with E-state index in [4.69, 9.17) is 0 Å². The normalized spacial score (nSPS) is 9.53. The lowest BCUT2D eigenvalue weighted by Crippen LogP contribution is -2.18. The van der Waals surface area contributed by atoms with Crippen LogP contribution in [0.3, 0.4) is 0 Å². The van der Waals surface area contributed by atoms with E-state index in [1.165, 1.54) is 20.2 Å². The molecule has 0 aliphatic rings. The number of amides is 1. The first-order chi connectivity index (χ1) is 7.08. The van der Waals surface area contributed by atoms with Crippen LogP contribution in [0.1, 0.15) is 20.7 Å². The average Bonchev–Trinajstić information content (AvgIpc) is 2.26. The summed E-state index contributed by atoms with van der Waals surface area (Å²) in [6.45, 7) is 0. The minimum Gasteiger partial charge on any atom is -0.465 e. The third-order valence-corrected chi connectivity index (χ3v) is 2.27. The topological polar surface area (TPSA) is 55.4 Å². The maximum absolute atomic E-state index is 11.3. The van der Waals surface area contributed by atoms with Crippen LogP contribution >= 0.6 is 15.9 Å². The number of carbonyl (C=O) groups excluding carboxylic acids is 2. The van der Waals surface area contributed by atoms with Crippen LogP contribution < -0.4 is 5.32 Å². The van der Waals surface area contributed by atoms with Gasteiger partial charge < -0.3 is 10.1 Å². The molecule has 0 saturated carbocycles. The van der Waals surface area contributed by atoms with Crippen molar-refractivity contribution < 1.29 is 14.3 Å². The zero-order valence-electron chi connectivity index (χ0n) is 8.33. The van der Waals surface area contributed by atoms with Crippen molar-refractivity contribution in [2.75, 3.05) is 14.2 Å². The molecule has 0 saturated heterocycles. The fourth-order valence-electron chi connectivity index (χ4n) is 1.10. The monoisotopic (exact) mass is 271 g/mol. The summed E-state index contributed by atoms with van der Waals surface area (Å²) in [5.74, 6) is -0.720. The fourth-order valence-corrected chi connectivity index (χ4v) is 1.59. The van der Waals surface area contributed by atoms with Crippen LogP contribution in [0.15, 0.2) is 22.7 Å². The summed E-state index contributed by atoms with van der Waals surface area (Å²) in [4.78, 5) is 22.6. The Balaban J connectivity index is 3.16. The second-order valence-corrected chi connectivity index (χ2v) is 3.71. The van der Waals surface area contributed by atoms with Gasteiger partial charge in [-0.25, -0.2) is 4.79 Å². The van der Waals surface area contributed by atoms with E-state index in [0.29, 0.717) is 15.6 Å². The van der Waals surface area contributed by atoms with Crippen molar-refractivity contribution in [3.63, 3.8) is 0 Å². The van der Waals surface area contributed by atoms with E-state index in [1.54, 1.807) is 12.1 Å². The van der Waals surface area contributed by atoms with Gasteiger partial charge in [-0.1, -0.05) is 15.9 Å². The van der Waals surface area contributed by atoms with Gasteiger partial charge in [0.25, 0.3) is 5.91 Å². The summed E-state index contributed by atoms with van der Waals surface area (Å²) >= 11 is 3.22. The zero-order chi connectivity index (χ0) is 11.4. The fraction of sp³-hybridized carbons (Fsp3) is 0.200. The number of hydrogen-bond acceptors (Lipinski definition) is 3. The van der Waals surface area contributed by atoms with E-state index in [0.717, 1.165) is 0 Å². The smallest absolute Gasteiger partial charge is 0.337 e. The quantitative estimate of drug-likeness (QED) is 0.832. The molecule has 5 heteroatoms. The first-order valence-electron chi connectivity index (χ1n) is 4.19. The SMILES string of the molecule is CNC(=O)c1cc(Br)cc(C(=O)OC)c1. The lowest BCUT2D eigenvalue weighted by atomic mass is 10.1. The minimum absolute atomic E-state index is 0.249. The van der Waals surface area contributed by atoms with E-state index in [1.807, 2.05) is 0 Å². The van der Waals surface area contributed by atoms with Gasteiger partial charge in [0.15, 0.2) is 0 Å². The molecule has 0 fully saturated rings. The van der Waals surface area contributed by atoms with E-state index >= 15 is 0 Å². The second-order valence-electron chi connectivity index (χ2n) is 2.80. The van der Waals surface area contributed by atoms with Crippen LogP contribution in [0.2, 0.25) is 0 Å². The van der Waals surface area contributed by atoms with Gasteiger partial charge >= 0.3 is 5.97 Å². The molecule has 1 aromatic rings. The largest absolute Gasteiger partial charge is 0.465 e. The van der Waals surface area contributed by atoms with Gasteiger partial charge in [-0.05, 0) is 18.2 Å². The molecule has 0 bridgehead atoms. The summed E-state index contributed by atoms with van der Waals surface area (Å²) in [6, 6.07) is 4.71. The molecule has 0 unspecified atom stereocenters. The molecule has 0 atom stereocenters. The van der Waals surface area contributed by atoms with Crippen molar-refractivity contribution in [1.29, 1.82) is 0 Å². The minimum atomic E-state index is -0.471. The zero-order valence-corrected chi connectivity index (χ0v) is 9.92. The Morgan fingerprint density at radius 1 is 1.27 bits per heavy atom. The van der Waals surface area contributed by atoms with Crippen molar-refractivity contribution in [2.24, 2.45) is 0 Å². The van der Waals surface area contributed by atoms with Crippen molar-refractivity contribution in [3.05, 3.63) is 33.8 Å². The van der Waals surface area contributed by atoms with Gasteiger partial charge in [0.1, 0.15) is 0 Å². The third-order valence-electron chi connectivity index (χ3n) is 1.81. The van der Waals surface area contributed by atoms with Crippen LogP contribution in [0.5, 0.6) is 0 Å². The highest BCUT2D eigenvalue weighted by molar-refractivity contribution is 9.10. The van der Waals surface area contributed by atoms with Crippen LogP contribution in [0.25, 0.3) is 0 Å². The molecule has 15 heavy (non-hydrogen) atoms. The number of carbonyl (C=O) groups is 2. The van der Waals surface area contributed by atoms with Crippen LogP contribution in [0.4, 0.5) is 0 Å². The molecule has 0 spiro atoms. The highest BCUT2D eigenvalue weighted by atomic mass is 79.9. The standard InChI is InChI=1S/C10H10BrNO3/c1-12-9(13)6-3-7(10(14)15-2)5-8(11)4-6/h3-5H,1-2H3,(H,12,13). The third kappa shape index (κ3) is 2.79. The first-order valence-corrected chi connectivity index (χ1v) is 4.98. The molecule has 0 aliphatic carbocycles. The van der Waals surface area contributed by atoms with Gasteiger partial charge in [0.05, 0.1) is 12.7 Å². The summed E-state index contributed by atoms with van der Waals surface area (Å²) in [7, 11) is 2.82. The van der Waals surface area contributed by atoms with E-state index in [2.05, 4.69) is 26.0 Å². The van der Waals surface area contributed by atoms with Crippen molar-refractivity contribution >= 4 is 27.8 Å². The number of nitrogens with one attached hydrogen (secondary N) is 1. The molecule has 0 aliphatic heterocycles. The Morgan fingerprint density at radius 3 is 2.40 bits per heavy atom. The lowest BCUT2D eigenvalue weighted by Gasteiger charge is -2.04. The van der Waals surface area contributed by atoms with E-state index in [-0.39, 0.29) is 5.91 Å². The number of hydrogen-bond donors (Lipinski definition) is 1. The molecule has 1 aromatic carbocycles. The number of benzene rings is 1. The molecule has 0 heterocycles. The van der Waals surface area contributed by atoms with Crippen LogP contribution in [0, 0.1) is 0 Å². The Labute approximate surface area is 95.7 Å². The second kappa shape index (κ2) is 4.93. The van der Waals surface area contributed by atoms with Gasteiger partial charge in [0.2, 0.25) is 0 Å². The van der Waals surface area contributed by atoms with Crippen LogP contribution in [-0.2, 0) is 4.74 Å². The number of halogens is 1. The Kier molecular flexibility index (Phi) is 3.85. The Hall–Kier alpha value is -1.36. The number of rotatable bonds is 2. The molecular weight excluding hydrogens is 262 g/mol. The number of esters is 1. The highest BCUT2D eigenvalue weighted by Crippen LogP contribution is 2.16. The van der Waals surface area contributed by atoms with Gasteiger partial charge in [-0.15, -0.1) is 0 Å². The van der Waals surface area contributed by atoms with E-state index < -0.39 is 5.97 Å².